The SMILES string of the molecule is O=C(/C=C/c1ccco1)Nc1ccc(Oc2ccc(NC(=O)/C=C/c3ccco3)cc2)cc1. The Morgan fingerprint density at radius 3 is 1.42 bits per heavy atom. The van der Waals surface area contributed by atoms with E-state index in [1.165, 1.54) is 12.2 Å². The number of anilines is 2. The Kier molecular flexibility index (Phi) is 6.82. The molecule has 2 N–H and O–H groups in total. The van der Waals surface area contributed by atoms with Crippen molar-refractivity contribution < 1.29 is 23.2 Å². The van der Waals surface area contributed by atoms with Crippen LogP contribution < -0.4 is 15.4 Å². The fourth-order valence-corrected chi connectivity index (χ4v) is 2.80. The molecule has 0 saturated carbocycles. The summed E-state index contributed by atoms with van der Waals surface area (Å²) in [5.41, 5.74) is 1.27. The van der Waals surface area contributed by atoms with Crippen molar-refractivity contribution in [1.29, 1.82) is 0 Å². The van der Waals surface area contributed by atoms with E-state index < -0.39 is 0 Å². The average molecular weight is 440 g/mol. The molecule has 2 heterocycles. The van der Waals surface area contributed by atoms with Crippen molar-refractivity contribution in [3.63, 3.8) is 0 Å². The molecule has 0 aliphatic heterocycles. The Bertz CT molecular complexity index is 1140. The molecule has 2 amide bonds. The lowest BCUT2D eigenvalue weighted by Gasteiger charge is -2.08. The van der Waals surface area contributed by atoms with E-state index in [9.17, 15) is 9.59 Å². The molecule has 4 rings (SSSR count). The minimum atomic E-state index is -0.267. The van der Waals surface area contributed by atoms with Crippen molar-refractivity contribution in [3.05, 3.63) is 109 Å². The number of benzene rings is 2. The molecule has 0 aliphatic rings. The lowest BCUT2D eigenvalue weighted by atomic mass is 10.2. The number of ether oxygens (including phenoxy) is 1. The van der Waals surface area contributed by atoms with E-state index in [0.29, 0.717) is 34.4 Å². The van der Waals surface area contributed by atoms with E-state index in [1.807, 2.05) is 0 Å². The second-order valence-corrected chi connectivity index (χ2v) is 6.83. The molecular weight excluding hydrogens is 420 g/mol. The first kappa shape index (κ1) is 21.5. The Hall–Kier alpha value is -4.78. The highest BCUT2D eigenvalue weighted by atomic mass is 16.5. The number of amides is 2. The molecular formula is C26H20N2O5. The van der Waals surface area contributed by atoms with Crippen LogP contribution in [0.1, 0.15) is 11.5 Å². The molecule has 0 saturated heterocycles. The first-order valence-electron chi connectivity index (χ1n) is 10.1. The Morgan fingerprint density at radius 1 is 0.636 bits per heavy atom. The van der Waals surface area contributed by atoms with Gasteiger partial charge in [0.05, 0.1) is 12.5 Å². The second kappa shape index (κ2) is 10.5. The van der Waals surface area contributed by atoms with Crippen molar-refractivity contribution >= 4 is 35.3 Å². The number of rotatable bonds is 8. The maximum atomic E-state index is 12.0. The molecule has 164 valence electrons. The van der Waals surface area contributed by atoms with Gasteiger partial charge in [-0.05, 0) is 84.9 Å². The van der Waals surface area contributed by atoms with Crippen LogP contribution in [-0.4, -0.2) is 11.8 Å². The molecule has 0 atom stereocenters. The first-order chi connectivity index (χ1) is 16.1. The zero-order valence-electron chi connectivity index (χ0n) is 17.4. The molecule has 2 aromatic heterocycles. The molecule has 7 nitrogen and oxygen atoms in total. The third-order valence-corrected chi connectivity index (χ3v) is 4.36. The van der Waals surface area contributed by atoms with Gasteiger partial charge in [0.2, 0.25) is 11.8 Å². The second-order valence-electron chi connectivity index (χ2n) is 6.83. The summed E-state index contributed by atoms with van der Waals surface area (Å²) >= 11 is 0. The molecule has 0 bridgehead atoms. The molecule has 0 unspecified atom stereocenters. The van der Waals surface area contributed by atoms with E-state index in [2.05, 4.69) is 10.6 Å². The zero-order chi connectivity index (χ0) is 22.9. The van der Waals surface area contributed by atoms with E-state index >= 15 is 0 Å². The van der Waals surface area contributed by atoms with Crippen LogP contribution >= 0.6 is 0 Å². The van der Waals surface area contributed by atoms with Crippen LogP contribution in [0.3, 0.4) is 0 Å². The maximum Gasteiger partial charge on any atom is 0.248 e. The van der Waals surface area contributed by atoms with Crippen LogP contribution in [0, 0.1) is 0 Å². The van der Waals surface area contributed by atoms with Crippen LogP contribution in [0.4, 0.5) is 11.4 Å². The van der Waals surface area contributed by atoms with Gasteiger partial charge < -0.3 is 24.2 Å². The van der Waals surface area contributed by atoms with E-state index in [-0.39, 0.29) is 11.8 Å². The largest absolute Gasteiger partial charge is 0.465 e. The molecule has 2 aromatic carbocycles. The monoisotopic (exact) mass is 440 g/mol. The third-order valence-electron chi connectivity index (χ3n) is 4.36. The Labute approximate surface area is 190 Å². The van der Waals surface area contributed by atoms with Crippen LogP contribution in [0.2, 0.25) is 0 Å². The van der Waals surface area contributed by atoms with Gasteiger partial charge in [-0.15, -0.1) is 0 Å². The molecule has 0 radical (unpaired) electrons. The van der Waals surface area contributed by atoms with Crippen molar-refractivity contribution in [2.45, 2.75) is 0 Å². The fourth-order valence-electron chi connectivity index (χ4n) is 2.80. The molecule has 0 aliphatic carbocycles. The molecule has 4 aromatic rings. The van der Waals surface area contributed by atoms with Gasteiger partial charge in [-0.1, -0.05) is 0 Å². The summed E-state index contributed by atoms with van der Waals surface area (Å²) in [7, 11) is 0. The van der Waals surface area contributed by atoms with Crippen molar-refractivity contribution in [2.24, 2.45) is 0 Å². The third kappa shape index (κ3) is 6.60. The standard InChI is InChI=1S/C26H20N2O5/c29-25(15-13-21-3-1-17-31-21)27-19-5-9-23(10-6-19)33-24-11-7-20(8-12-24)28-26(30)16-14-22-4-2-18-32-22/h1-18H,(H,27,29)(H,28,30)/b15-13+,16-14+. The fraction of sp³-hybridized carbons (Fsp3) is 0. The number of hydrogen-bond donors (Lipinski definition) is 2. The number of furan rings is 2. The highest BCUT2D eigenvalue weighted by Gasteiger charge is 2.03. The maximum absolute atomic E-state index is 12.0. The first-order valence-corrected chi connectivity index (χ1v) is 10.1. The summed E-state index contributed by atoms with van der Waals surface area (Å²) in [6.07, 6.45) is 9.07. The van der Waals surface area contributed by atoms with Gasteiger partial charge >= 0.3 is 0 Å². The lowest BCUT2D eigenvalue weighted by molar-refractivity contribution is -0.112. The van der Waals surface area contributed by atoms with Crippen molar-refractivity contribution in [1.82, 2.24) is 0 Å². The van der Waals surface area contributed by atoms with Gasteiger partial charge in [-0.3, -0.25) is 9.59 Å². The summed E-state index contributed by atoms with van der Waals surface area (Å²) in [6, 6.07) is 21.0. The summed E-state index contributed by atoms with van der Waals surface area (Å²) < 4.78 is 16.1. The van der Waals surface area contributed by atoms with Crippen LogP contribution in [0.25, 0.3) is 12.2 Å². The Balaban J connectivity index is 1.27. The molecule has 0 fully saturated rings. The zero-order valence-corrected chi connectivity index (χ0v) is 17.4. The highest BCUT2D eigenvalue weighted by Crippen LogP contribution is 2.24. The highest BCUT2D eigenvalue weighted by molar-refractivity contribution is 6.02. The smallest absolute Gasteiger partial charge is 0.248 e. The molecule has 33 heavy (non-hydrogen) atoms. The minimum absolute atomic E-state index is 0.267. The lowest BCUT2D eigenvalue weighted by Crippen LogP contribution is -2.07. The summed E-state index contributed by atoms with van der Waals surface area (Å²) in [4.78, 5) is 24.0. The molecule has 7 heteroatoms. The quantitative estimate of drug-likeness (QED) is 0.329. The number of carbonyl (C=O) groups is 2. The van der Waals surface area contributed by atoms with Gasteiger partial charge in [0.1, 0.15) is 23.0 Å². The van der Waals surface area contributed by atoms with Gasteiger partial charge in [0, 0.05) is 23.5 Å². The van der Waals surface area contributed by atoms with Crippen LogP contribution in [0.5, 0.6) is 11.5 Å². The summed E-state index contributed by atoms with van der Waals surface area (Å²) in [5, 5.41) is 5.53. The van der Waals surface area contributed by atoms with Crippen LogP contribution in [-0.2, 0) is 9.59 Å². The van der Waals surface area contributed by atoms with Crippen LogP contribution in [0.15, 0.2) is 106 Å². The predicted molar refractivity (Wildman–Crippen MR) is 126 cm³/mol. The molecule has 0 spiro atoms. The van der Waals surface area contributed by atoms with Crippen molar-refractivity contribution in [3.8, 4) is 11.5 Å². The minimum Gasteiger partial charge on any atom is -0.465 e. The Morgan fingerprint density at radius 2 is 1.06 bits per heavy atom. The van der Waals surface area contributed by atoms with Crippen molar-refractivity contribution in [2.75, 3.05) is 10.6 Å². The number of nitrogens with one attached hydrogen (secondary N) is 2. The average Bonchev–Trinajstić information content (AvgIpc) is 3.53. The van der Waals surface area contributed by atoms with E-state index in [1.54, 1.807) is 97.5 Å². The topological polar surface area (TPSA) is 93.7 Å². The van der Waals surface area contributed by atoms with Gasteiger partial charge in [-0.25, -0.2) is 0 Å². The normalized spacial score (nSPS) is 11.0. The predicted octanol–water partition coefficient (Wildman–Crippen LogP) is 5.97. The van der Waals surface area contributed by atoms with E-state index in [4.69, 9.17) is 13.6 Å². The summed E-state index contributed by atoms with van der Waals surface area (Å²) in [6.45, 7) is 0. The van der Waals surface area contributed by atoms with Gasteiger partial charge in [0.15, 0.2) is 0 Å². The van der Waals surface area contributed by atoms with Gasteiger partial charge in [0.25, 0.3) is 0 Å². The number of hydrogen-bond acceptors (Lipinski definition) is 5. The van der Waals surface area contributed by atoms with E-state index in [0.717, 1.165) is 0 Å². The van der Waals surface area contributed by atoms with Gasteiger partial charge in [-0.2, -0.15) is 0 Å². The summed E-state index contributed by atoms with van der Waals surface area (Å²) in [5.74, 6) is 1.89. The number of carbonyl (C=O) groups excluding carboxylic acids is 2.